The lowest BCUT2D eigenvalue weighted by Crippen LogP contribution is -2.38. The van der Waals surface area contributed by atoms with Gasteiger partial charge in [-0.15, -0.1) is 12.4 Å². The molecule has 1 saturated carbocycles. The average molecular weight is 343 g/mol. The standard InChI is InChI=1S/C17H26N2O3.ClH/c1-11(2)10-22-15-7-6-13(8-16(15)21-3)17(20)19-9-14(18)12-4-5-12;/h6-8,11-12,14H,4-5,9-10,18H2,1-3H3,(H,19,20);1H. The molecule has 1 amide bonds. The quantitative estimate of drug-likeness (QED) is 0.761. The Morgan fingerprint density at radius 3 is 2.61 bits per heavy atom. The lowest BCUT2D eigenvalue weighted by molar-refractivity contribution is 0.0950. The van der Waals surface area contributed by atoms with Crippen LogP contribution in [0.4, 0.5) is 0 Å². The van der Waals surface area contributed by atoms with Crippen LogP contribution in [-0.2, 0) is 0 Å². The van der Waals surface area contributed by atoms with E-state index >= 15 is 0 Å². The molecule has 1 aromatic carbocycles. The van der Waals surface area contributed by atoms with Crippen LogP contribution < -0.4 is 20.5 Å². The number of hydrogen-bond donors (Lipinski definition) is 2. The van der Waals surface area contributed by atoms with E-state index in [1.165, 1.54) is 12.8 Å². The maximum Gasteiger partial charge on any atom is 0.251 e. The summed E-state index contributed by atoms with van der Waals surface area (Å²) in [5, 5.41) is 2.88. The summed E-state index contributed by atoms with van der Waals surface area (Å²) in [4.78, 5) is 12.2. The van der Waals surface area contributed by atoms with E-state index in [0.29, 0.717) is 42.0 Å². The van der Waals surface area contributed by atoms with Crippen LogP contribution in [0.2, 0.25) is 0 Å². The smallest absolute Gasteiger partial charge is 0.251 e. The van der Waals surface area contributed by atoms with Crippen molar-refractivity contribution >= 4 is 18.3 Å². The molecule has 2 rings (SSSR count). The molecule has 1 unspecified atom stereocenters. The van der Waals surface area contributed by atoms with Gasteiger partial charge in [-0.05, 0) is 42.9 Å². The summed E-state index contributed by atoms with van der Waals surface area (Å²) in [6.45, 7) is 5.28. The zero-order chi connectivity index (χ0) is 16.1. The first-order valence-electron chi connectivity index (χ1n) is 7.86. The van der Waals surface area contributed by atoms with Gasteiger partial charge >= 0.3 is 0 Å². The van der Waals surface area contributed by atoms with Gasteiger partial charge in [-0.1, -0.05) is 13.8 Å². The van der Waals surface area contributed by atoms with E-state index in [4.69, 9.17) is 15.2 Å². The highest BCUT2D eigenvalue weighted by molar-refractivity contribution is 5.94. The van der Waals surface area contributed by atoms with Crippen LogP contribution in [0.15, 0.2) is 18.2 Å². The Labute approximate surface area is 144 Å². The third-order valence-corrected chi connectivity index (χ3v) is 3.72. The minimum atomic E-state index is -0.134. The van der Waals surface area contributed by atoms with Gasteiger partial charge < -0.3 is 20.5 Å². The molecule has 130 valence electrons. The summed E-state index contributed by atoms with van der Waals surface area (Å²) >= 11 is 0. The van der Waals surface area contributed by atoms with Gasteiger partial charge in [0, 0.05) is 18.2 Å². The number of nitrogens with one attached hydrogen (secondary N) is 1. The lowest BCUT2D eigenvalue weighted by atomic mass is 10.1. The number of hydrogen-bond acceptors (Lipinski definition) is 4. The van der Waals surface area contributed by atoms with Crippen molar-refractivity contribution in [2.24, 2.45) is 17.6 Å². The fourth-order valence-electron chi connectivity index (χ4n) is 2.19. The number of methoxy groups -OCH3 is 1. The molecule has 1 aliphatic rings. The third-order valence-electron chi connectivity index (χ3n) is 3.72. The zero-order valence-electron chi connectivity index (χ0n) is 14.0. The van der Waals surface area contributed by atoms with E-state index < -0.39 is 0 Å². The molecule has 1 atom stereocenters. The Hall–Kier alpha value is -1.46. The van der Waals surface area contributed by atoms with E-state index in [1.54, 1.807) is 25.3 Å². The minimum absolute atomic E-state index is 0. The second kappa shape index (κ2) is 8.99. The highest BCUT2D eigenvalue weighted by Gasteiger charge is 2.28. The molecule has 0 spiro atoms. The average Bonchev–Trinajstić information content (AvgIpc) is 3.34. The Morgan fingerprint density at radius 1 is 1.35 bits per heavy atom. The normalized spacial score (nSPS) is 14.8. The van der Waals surface area contributed by atoms with Crippen LogP contribution in [0, 0.1) is 11.8 Å². The number of nitrogens with two attached hydrogens (primary N) is 1. The maximum atomic E-state index is 12.2. The van der Waals surface area contributed by atoms with E-state index in [9.17, 15) is 4.79 Å². The second-order valence-electron chi connectivity index (χ2n) is 6.28. The molecule has 23 heavy (non-hydrogen) atoms. The van der Waals surface area contributed by atoms with E-state index in [-0.39, 0.29) is 24.4 Å². The van der Waals surface area contributed by atoms with Crippen molar-refractivity contribution in [3.8, 4) is 11.5 Å². The molecule has 0 saturated heterocycles. The molecule has 0 aliphatic heterocycles. The number of halogens is 1. The van der Waals surface area contributed by atoms with Crippen LogP contribution >= 0.6 is 12.4 Å². The monoisotopic (exact) mass is 342 g/mol. The molecule has 6 heteroatoms. The summed E-state index contributed by atoms with van der Waals surface area (Å²) in [6, 6.07) is 5.28. The van der Waals surface area contributed by atoms with Crippen LogP contribution in [0.3, 0.4) is 0 Å². The molecule has 1 aliphatic carbocycles. The molecular formula is C17H27ClN2O3. The van der Waals surface area contributed by atoms with Crippen molar-refractivity contribution in [2.75, 3.05) is 20.3 Å². The molecule has 1 fully saturated rings. The first-order valence-corrected chi connectivity index (χ1v) is 7.86. The number of amides is 1. The Bertz CT molecular complexity index is 519. The van der Waals surface area contributed by atoms with Crippen LogP contribution in [-0.4, -0.2) is 32.2 Å². The summed E-state index contributed by atoms with van der Waals surface area (Å²) < 4.78 is 11.0. The van der Waals surface area contributed by atoms with E-state index in [1.807, 2.05) is 0 Å². The van der Waals surface area contributed by atoms with Gasteiger partial charge in [0.1, 0.15) is 0 Å². The van der Waals surface area contributed by atoms with Gasteiger partial charge in [0.2, 0.25) is 0 Å². The Balaban J connectivity index is 0.00000264. The molecule has 5 nitrogen and oxygen atoms in total. The first-order chi connectivity index (χ1) is 10.5. The van der Waals surface area contributed by atoms with Crippen molar-refractivity contribution in [2.45, 2.75) is 32.7 Å². The van der Waals surface area contributed by atoms with Gasteiger partial charge in [-0.2, -0.15) is 0 Å². The predicted octanol–water partition coefficient (Wildman–Crippen LogP) is 2.62. The largest absolute Gasteiger partial charge is 0.493 e. The topological polar surface area (TPSA) is 73.6 Å². The van der Waals surface area contributed by atoms with Crippen molar-refractivity contribution in [3.05, 3.63) is 23.8 Å². The summed E-state index contributed by atoms with van der Waals surface area (Å²) in [6.07, 6.45) is 2.35. The molecule has 0 aromatic heterocycles. The van der Waals surface area contributed by atoms with Crippen molar-refractivity contribution in [1.82, 2.24) is 5.32 Å². The molecular weight excluding hydrogens is 316 g/mol. The van der Waals surface area contributed by atoms with Crippen molar-refractivity contribution in [3.63, 3.8) is 0 Å². The molecule has 0 bridgehead atoms. The summed E-state index contributed by atoms with van der Waals surface area (Å²) in [5.41, 5.74) is 6.55. The third kappa shape index (κ3) is 5.92. The van der Waals surface area contributed by atoms with Crippen molar-refractivity contribution < 1.29 is 14.3 Å². The summed E-state index contributed by atoms with van der Waals surface area (Å²) in [7, 11) is 1.57. The number of rotatable bonds is 8. The zero-order valence-corrected chi connectivity index (χ0v) is 14.8. The highest BCUT2D eigenvalue weighted by Crippen LogP contribution is 2.31. The minimum Gasteiger partial charge on any atom is -0.493 e. The van der Waals surface area contributed by atoms with Crippen molar-refractivity contribution in [1.29, 1.82) is 0 Å². The fourth-order valence-corrected chi connectivity index (χ4v) is 2.19. The van der Waals surface area contributed by atoms with Gasteiger partial charge in [0.25, 0.3) is 5.91 Å². The van der Waals surface area contributed by atoms with Crippen LogP contribution in [0.5, 0.6) is 11.5 Å². The molecule has 3 N–H and O–H groups in total. The fraction of sp³-hybridized carbons (Fsp3) is 0.588. The van der Waals surface area contributed by atoms with E-state index in [2.05, 4.69) is 19.2 Å². The molecule has 0 radical (unpaired) electrons. The molecule has 0 heterocycles. The summed E-state index contributed by atoms with van der Waals surface area (Å²) in [5.74, 6) is 2.09. The number of ether oxygens (including phenoxy) is 2. The Kier molecular flexibility index (Phi) is 7.65. The lowest BCUT2D eigenvalue weighted by Gasteiger charge is -2.14. The van der Waals surface area contributed by atoms with Crippen LogP contribution in [0.25, 0.3) is 0 Å². The molecule has 1 aromatic rings. The second-order valence-corrected chi connectivity index (χ2v) is 6.28. The van der Waals surface area contributed by atoms with Gasteiger partial charge in [-0.3, -0.25) is 4.79 Å². The number of benzene rings is 1. The number of carbonyl (C=O) groups excluding carboxylic acids is 1. The highest BCUT2D eigenvalue weighted by atomic mass is 35.5. The predicted molar refractivity (Wildman–Crippen MR) is 93.6 cm³/mol. The van der Waals surface area contributed by atoms with E-state index in [0.717, 1.165) is 0 Å². The van der Waals surface area contributed by atoms with Gasteiger partial charge in [0.15, 0.2) is 11.5 Å². The van der Waals surface area contributed by atoms with Gasteiger partial charge in [0.05, 0.1) is 13.7 Å². The maximum absolute atomic E-state index is 12.2. The van der Waals surface area contributed by atoms with Gasteiger partial charge in [-0.25, -0.2) is 0 Å². The SMILES string of the molecule is COc1cc(C(=O)NCC(N)C2CC2)ccc1OCC(C)C.Cl. The number of carbonyl (C=O) groups is 1. The Morgan fingerprint density at radius 2 is 2.04 bits per heavy atom. The first kappa shape index (κ1) is 19.6. The van der Waals surface area contributed by atoms with Crippen LogP contribution in [0.1, 0.15) is 37.0 Å².